The SMILES string of the molecule is Cn1cccc1C(=O)NCC(O)c1ccc(Cl)cc1. The lowest BCUT2D eigenvalue weighted by atomic mass is 10.1. The molecule has 2 aromatic rings. The number of carbonyl (C=O) groups is 1. The Labute approximate surface area is 116 Å². The Kier molecular flexibility index (Phi) is 4.24. The van der Waals surface area contributed by atoms with Gasteiger partial charge in [-0.1, -0.05) is 23.7 Å². The molecule has 1 atom stereocenters. The first-order chi connectivity index (χ1) is 9.08. The van der Waals surface area contributed by atoms with Crippen molar-refractivity contribution in [1.29, 1.82) is 0 Å². The number of aliphatic hydroxyl groups is 1. The van der Waals surface area contributed by atoms with Gasteiger partial charge in [-0.05, 0) is 29.8 Å². The van der Waals surface area contributed by atoms with Gasteiger partial charge >= 0.3 is 0 Å². The van der Waals surface area contributed by atoms with Crippen molar-refractivity contribution >= 4 is 17.5 Å². The molecular formula is C14H15ClN2O2. The molecular weight excluding hydrogens is 264 g/mol. The number of carbonyl (C=O) groups excluding carboxylic acids is 1. The molecule has 0 aliphatic rings. The maximum atomic E-state index is 11.9. The molecule has 0 aliphatic heterocycles. The summed E-state index contributed by atoms with van der Waals surface area (Å²) in [5.74, 6) is -0.208. The molecule has 100 valence electrons. The number of halogens is 1. The third kappa shape index (κ3) is 3.36. The lowest BCUT2D eigenvalue weighted by molar-refractivity contribution is 0.0908. The van der Waals surface area contributed by atoms with Crippen molar-refractivity contribution in [2.75, 3.05) is 6.54 Å². The normalized spacial score (nSPS) is 12.2. The van der Waals surface area contributed by atoms with E-state index >= 15 is 0 Å². The molecule has 0 fully saturated rings. The first-order valence-electron chi connectivity index (χ1n) is 5.91. The van der Waals surface area contributed by atoms with E-state index in [1.165, 1.54) is 0 Å². The molecule has 0 saturated heterocycles. The molecule has 0 aliphatic carbocycles. The number of rotatable bonds is 4. The fraction of sp³-hybridized carbons (Fsp3) is 0.214. The Morgan fingerprint density at radius 1 is 1.37 bits per heavy atom. The second-order valence-corrected chi connectivity index (χ2v) is 4.72. The van der Waals surface area contributed by atoms with Crippen LogP contribution in [0, 0.1) is 0 Å². The van der Waals surface area contributed by atoms with Gasteiger partial charge in [0.2, 0.25) is 0 Å². The molecule has 1 amide bonds. The van der Waals surface area contributed by atoms with E-state index in [9.17, 15) is 9.90 Å². The summed E-state index contributed by atoms with van der Waals surface area (Å²) >= 11 is 5.77. The van der Waals surface area contributed by atoms with Crippen LogP contribution in [0.1, 0.15) is 22.2 Å². The molecule has 1 aromatic heterocycles. The van der Waals surface area contributed by atoms with Crippen molar-refractivity contribution in [1.82, 2.24) is 9.88 Å². The van der Waals surface area contributed by atoms with Crippen LogP contribution in [0.4, 0.5) is 0 Å². The molecule has 1 unspecified atom stereocenters. The van der Waals surface area contributed by atoms with E-state index in [0.29, 0.717) is 10.7 Å². The molecule has 1 heterocycles. The molecule has 0 radical (unpaired) electrons. The van der Waals surface area contributed by atoms with Crippen LogP contribution in [0.5, 0.6) is 0 Å². The number of aromatic nitrogens is 1. The Morgan fingerprint density at radius 2 is 2.05 bits per heavy atom. The van der Waals surface area contributed by atoms with Gasteiger partial charge in [-0.2, -0.15) is 0 Å². The predicted molar refractivity (Wildman–Crippen MR) is 74.2 cm³/mol. The van der Waals surface area contributed by atoms with E-state index in [2.05, 4.69) is 5.32 Å². The molecule has 4 nitrogen and oxygen atoms in total. The highest BCUT2D eigenvalue weighted by molar-refractivity contribution is 6.30. The summed E-state index contributed by atoms with van der Waals surface area (Å²) in [7, 11) is 1.80. The number of aryl methyl sites for hydroxylation is 1. The van der Waals surface area contributed by atoms with Gasteiger partial charge < -0.3 is 15.0 Å². The number of nitrogens with one attached hydrogen (secondary N) is 1. The summed E-state index contributed by atoms with van der Waals surface area (Å²) in [5, 5.41) is 13.3. The average Bonchev–Trinajstić information content (AvgIpc) is 2.83. The van der Waals surface area contributed by atoms with Gasteiger partial charge in [-0.15, -0.1) is 0 Å². The van der Waals surface area contributed by atoms with Crippen molar-refractivity contribution in [3.8, 4) is 0 Å². The highest BCUT2D eigenvalue weighted by atomic mass is 35.5. The van der Waals surface area contributed by atoms with Crippen molar-refractivity contribution < 1.29 is 9.90 Å². The van der Waals surface area contributed by atoms with Crippen LogP contribution in [-0.2, 0) is 7.05 Å². The first kappa shape index (κ1) is 13.6. The van der Waals surface area contributed by atoms with Crippen molar-refractivity contribution in [3.63, 3.8) is 0 Å². The van der Waals surface area contributed by atoms with Crippen LogP contribution in [-0.4, -0.2) is 22.1 Å². The fourth-order valence-electron chi connectivity index (χ4n) is 1.78. The van der Waals surface area contributed by atoms with Crippen LogP contribution >= 0.6 is 11.6 Å². The number of hydrogen-bond donors (Lipinski definition) is 2. The average molecular weight is 279 g/mol. The summed E-state index contributed by atoms with van der Waals surface area (Å²) in [4.78, 5) is 11.9. The number of amides is 1. The maximum Gasteiger partial charge on any atom is 0.267 e. The topological polar surface area (TPSA) is 54.3 Å². The van der Waals surface area contributed by atoms with Crippen LogP contribution in [0.15, 0.2) is 42.6 Å². The standard InChI is InChI=1S/C14H15ClN2O2/c1-17-8-2-3-12(17)14(19)16-9-13(18)10-4-6-11(15)7-5-10/h2-8,13,18H,9H2,1H3,(H,16,19). The van der Waals surface area contributed by atoms with Gasteiger partial charge in [0.05, 0.1) is 6.10 Å². The van der Waals surface area contributed by atoms with Crippen molar-refractivity contribution in [3.05, 3.63) is 58.9 Å². The molecule has 0 spiro atoms. The molecule has 1 aromatic carbocycles. The highest BCUT2D eigenvalue weighted by Gasteiger charge is 2.12. The predicted octanol–water partition coefficient (Wildman–Crippen LogP) is 2.14. The number of nitrogens with zero attached hydrogens (tertiary/aromatic N) is 1. The van der Waals surface area contributed by atoms with Gasteiger partial charge in [-0.25, -0.2) is 0 Å². The molecule has 2 rings (SSSR count). The number of hydrogen-bond acceptors (Lipinski definition) is 2. The van der Waals surface area contributed by atoms with Gasteiger partial charge in [-0.3, -0.25) is 4.79 Å². The third-order valence-electron chi connectivity index (χ3n) is 2.89. The summed E-state index contributed by atoms with van der Waals surface area (Å²) in [6.45, 7) is 0.158. The highest BCUT2D eigenvalue weighted by Crippen LogP contribution is 2.15. The van der Waals surface area contributed by atoms with E-state index < -0.39 is 6.10 Å². The van der Waals surface area contributed by atoms with Crippen molar-refractivity contribution in [2.24, 2.45) is 7.05 Å². The van der Waals surface area contributed by atoms with Gasteiger partial charge in [0.15, 0.2) is 0 Å². The van der Waals surface area contributed by atoms with E-state index in [4.69, 9.17) is 11.6 Å². The Bertz CT molecular complexity index is 563. The van der Waals surface area contributed by atoms with Crippen LogP contribution in [0.2, 0.25) is 5.02 Å². The second kappa shape index (κ2) is 5.91. The summed E-state index contributed by atoms with van der Waals surface area (Å²) < 4.78 is 1.73. The van der Waals surface area contributed by atoms with Crippen molar-refractivity contribution in [2.45, 2.75) is 6.10 Å². The minimum absolute atomic E-state index is 0.158. The lowest BCUT2D eigenvalue weighted by Crippen LogP contribution is -2.29. The minimum atomic E-state index is -0.749. The summed E-state index contributed by atoms with van der Waals surface area (Å²) in [6.07, 6.45) is 1.05. The Balaban J connectivity index is 1.94. The molecule has 19 heavy (non-hydrogen) atoms. The lowest BCUT2D eigenvalue weighted by Gasteiger charge is -2.12. The molecule has 0 bridgehead atoms. The Morgan fingerprint density at radius 3 is 2.63 bits per heavy atom. The molecule has 0 saturated carbocycles. The van der Waals surface area contributed by atoms with Gasteiger partial charge in [0.25, 0.3) is 5.91 Å². The zero-order valence-electron chi connectivity index (χ0n) is 10.5. The maximum absolute atomic E-state index is 11.9. The summed E-state index contributed by atoms with van der Waals surface area (Å²) in [5.41, 5.74) is 1.28. The molecule has 2 N–H and O–H groups in total. The van der Waals surface area contributed by atoms with Crippen LogP contribution in [0.25, 0.3) is 0 Å². The zero-order chi connectivity index (χ0) is 13.8. The van der Waals surface area contributed by atoms with E-state index in [0.717, 1.165) is 5.56 Å². The van der Waals surface area contributed by atoms with Crippen LogP contribution in [0.3, 0.4) is 0 Å². The third-order valence-corrected chi connectivity index (χ3v) is 3.14. The Hall–Kier alpha value is -1.78. The second-order valence-electron chi connectivity index (χ2n) is 4.28. The van der Waals surface area contributed by atoms with E-state index in [1.54, 1.807) is 54.2 Å². The fourth-order valence-corrected chi connectivity index (χ4v) is 1.91. The van der Waals surface area contributed by atoms with E-state index in [-0.39, 0.29) is 12.5 Å². The van der Waals surface area contributed by atoms with Gasteiger partial charge in [0.1, 0.15) is 5.69 Å². The summed E-state index contributed by atoms with van der Waals surface area (Å²) in [6, 6.07) is 10.4. The molecule has 5 heteroatoms. The van der Waals surface area contributed by atoms with Crippen LogP contribution < -0.4 is 5.32 Å². The number of aliphatic hydroxyl groups excluding tert-OH is 1. The quantitative estimate of drug-likeness (QED) is 0.900. The van der Waals surface area contributed by atoms with E-state index in [1.807, 2.05) is 0 Å². The van der Waals surface area contributed by atoms with Gasteiger partial charge in [0, 0.05) is 24.8 Å². The number of benzene rings is 1. The minimum Gasteiger partial charge on any atom is -0.387 e. The largest absolute Gasteiger partial charge is 0.387 e. The monoisotopic (exact) mass is 278 g/mol. The zero-order valence-corrected chi connectivity index (χ0v) is 11.3. The smallest absolute Gasteiger partial charge is 0.267 e. The first-order valence-corrected chi connectivity index (χ1v) is 6.29.